The van der Waals surface area contributed by atoms with Crippen LogP contribution in [-0.2, 0) is 0 Å². The molecule has 0 amide bonds. The van der Waals surface area contributed by atoms with E-state index in [1.807, 2.05) is 0 Å². The molecule has 0 saturated heterocycles. The molecule has 0 heterocycles. The Morgan fingerprint density at radius 2 is 1.93 bits per heavy atom. The van der Waals surface area contributed by atoms with Crippen molar-refractivity contribution in [3.8, 4) is 0 Å². The lowest BCUT2D eigenvalue weighted by Gasteiger charge is -2.31. The molecule has 1 atom stereocenters. The van der Waals surface area contributed by atoms with Crippen LogP contribution in [0.15, 0.2) is 27.1 Å². The molecule has 0 spiro atoms. The first-order chi connectivity index (χ1) is 6.68. The second-order valence-corrected chi connectivity index (χ2v) is 6.52. The summed E-state index contributed by atoms with van der Waals surface area (Å²) in [6.45, 7) is 0. The predicted octanol–water partition coefficient (Wildman–Crippen LogP) is 5.45. The van der Waals surface area contributed by atoms with Crippen molar-refractivity contribution in [2.45, 2.75) is 24.1 Å². The highest BCUT2D eigenvalue weighted by atomic mass is 79.9. The van der Waals surface area contributed by atoms with Gasteiger partial charge in [-0.05, 0) is 42.5 Å². The third kappa shape index (κ3) is 2.25. The van der Waals surface area contributed by atoms with E-state index in [-0.39, 0.29) is 0 Å². The van der Waals surface area contributed by atoms with Gasteiger partial charge in [0.05, 0.1) is 0 Å². The van der Waals surface area contributed by atoms with Crippen LogP contribution in [0.5, 0.6) is 0 Å². The minimum absolute atomic E-state index is 0.503. The van der Waals surface area contributed by atoms with Gasteiger partial charge in [0.15, 0.2) is 0 Å². The molecular formula is C11H11Br3. The molecular weight excluding hydrogens is 372 g/mol. The Kier molecular flexibility index (Phi) is 3.72. The lowest BCUT2D eigenvalue weighted by molar-refractivity contribution is 0.312. The molecule has 1 aromatic carbocycles. The van der Waals surface area contributed by atoms with E-state index in [4.69, 9.17) is 0 Å². The quantitative estimate of drug-likeness (QED) is 0.597. The zero-order valence-electron chi connectivity index (χ0n) is 7.64. The van der Waals surface area contributed by atoms with Crippen LogP contribution in [0.25, 0.3) is 0 Å². The number of alkyl halides is 1. The summed E-state index contributed by atoms with van der Waals surface area (Å²) in [5.74, 6) is 0.820. The molecule has 0 aromatic heterocycles. The number of hydrogen-bond acceptors (Lipinski definition) is 0. The SMILES string of the molecule is Brc1ccc(Br)c(C(Br)C2CCC2)c1. The average Bonchev–Trinajstić information content (AvgIpc) is 2.06. The average molecular weight is 383 g/mol. The number of benzene rings is 1. The van der Waals surface area contributed by atoms with Crippen molar-refractivity contribution >= 4 is 47.8 Å². The molecule has 1 saturated carbocycles. The predicted molar refractivity (Wildman–Crippen MR) is 70.9 cm³/mol. The van der Waals surface area contributed by atoms with Crippen molar-refractivity contribution in [3.05, 3.63) is 32.7 Å². The van der Waals surface area contributed by atoms with Crippen LogP contribution >= 0.6 is 47.8 Å². The second kappa shape index (κ2) is 4.67. The van der Waals surface area contributed by atoms with E-state index in [0.717, 1.165) is 10.4 Å². The van der Waals surface area contributed by atoms with Crippen molar-refractivity contribution in [2.75, 3.05) is 0 Å². The number of rotatable bonds is 2. The van der Waals surface area contributed by atoms with Gasteiger partial charge in [-0.1, -0.05) is 54.2 Å². The largest absolute Gasteiger partial charge is 0.0835 e. The van der Waals surface area contributed by atoms with Gasteiger partial charge in [-0.3, -0.25) is 0 Å². The Bertz CT molecular complexity index is 331. The van der Waals surface area contributed by atoms with E-state index < -0.39 is 0 Å². The van der Waals surface area contributed by atoms with E-state index in [2.05, 4.69) is 66.0 Å². The van der Waals surface area contributed by atoms with Crippen LogP contribution in [0.4, 0.5) is 0 Å². The molecule has 0 radical (unpaired) electrons. The van der Waals surface area contributed by atoms with Crippen molar-refractivity contribution in [3.63, 3.8) is 0 Å². The maximum absolute atomic E-state index is 3.80. The van der Waals surface area contributed by atoms with Gasteiger partial charge in [0, 0.05) is 13.8 Å². The maximum Gasteiger partial charge on any atom is 0.0435 e. The van der Waals surface area contributed by atoms with E-state index in [1.165, 1.54) is 29.3 Å². The van der Waals surface area contributed by atoms with Crippen LogP contribution < -0.4 is 0 Å². The van der Waals surface area contributed by atoms with Gasteiger partial charge < -0.3 is 0 Å². The fraction of sp³-hybridized carbons (Fsp3) is 0.455. The van der Waals surface area contributed by atoms with Gasteiger partial charge in [0.2, 0.25) is 0 Å². The molecule has 14 heavy (non-hydrogen) atoms. The van der Waals surface area contributed by atoms with Crippen LogP contribution in [0.1, 0.15) is 29.7 Å². The van der Waals surface area contributed by atoms with Gasteiger partial charge in [-0.2, -0.15) is 0 Å². The smallest absolute Gasteiger partial charge is 0.0435 e. The lowest BCUT2D eigenvalue weighted by Crippen LogP contribution is -2.16. The van der Waals surface area contributed by atoms with Gasteiger partial charge in [0.25, 0.3) is 0 Å². The molecule has 1 unspecified atom stereocenters. The van der Waals surface area contributed by atoms with Crippen molar-refractivity contribution < 1.29 is 0 Å². The van der Waals surface area contributed by atoms with Gasteiger partial charge >= 0.3 is 0 Å². The molecule has 76 valence electrons. The summed E-state index contributed by atoms with van der Waals surface area (Å²) in [4.78, 5) is 0.503. The van der Waals surface area contributed by atoms with Crippen LogP contribution in [0, 0.1) is 5.92 Å². The fourth-order valence-electron chi connectivity index (χ4n) is 1.71. The monoisotopic (exact) mass is 380 g/mol. The fourth-order valence-corrected chi connectivity index (χ4v) is 3.80. The minimum atomic E-state index is 0.503. The Morgan fingerprint density at radius 3 is 2.50 bits per heavy atom. The molecule has 1 fully saturated rings. The van der Waals surface area contributed by atoms with E-state index in [0.29, 0.717) is 4.83 Å². The highest BCUT2D eigenvalue weighted by molar-refractivity contribution is 9.11. The summed E-state index contributed by atoms with van der Waals surface area (Å²) >= 11 is 10.9. The summed E-state index contributed by atoms with van der Waals surface area (Å²) < 4.78 is 2.36. The van der Waals surface area contributed by atoms with Crippen LogP contribution in [-0.4, -0.2) is 0 Å². The number of halogens is 3. The second-order valence-electron chi connectivity index (χ2n) is 3.76. The molecule has 0 bridgehead atoms. The Labute approximate surface area is 110 Å². The zero-order valence-corrected chi connectivity index (χ0v) is 12.4. The Hall–Kier alpha value is 0.660. The van der Waals surface area contributed by atoms with Crippen molar-refractivity contribution in [2.24, 2.45) is 5.92 Å². The van der Waals surface area contributed by atoms with Gasteiger partial charge in [-0.15, -0.1) is 0 Å². The van der Waals surface area contributed by atoms with Crippen molar-refractivity contribution in [1.29, 1.82) is 0 Å². The molecule has 0 N–H and O–H groups in total. The standard InChI is InChI=1S/C11H11Br3/c12-8-4-5-10(13)9(6-8)11(14)7-2-1-3-7/h4-7,11H,1-3H2. The Morgan fingerprint density at radius 1 is 1.21 bits per heavy atom. The molecule has 1 aromatic rings. The number of hydrogen-bond donors (Lipinski definition) is 0. The first-order valence-corrected chi connectivity index (χ1v) is 7.27. The lowest BCUT2D eigenvalue weighted by atomic mass is 9.81. The maximum atomic E-state index is 3.80. The van der Waals surface area contributed by atoms with Crippen LogP contribution in [0.3, 0.4) is 0 Å². The summed E-state index contributed by atoms with van der Waals surface area (Å²) in [6.07, 6.45) is 4.10. The normalized spacial score (nSPS) is 19.1. The summed E-state index contributed by atoms with van der Waals surface area (Å²) in [5, 5.41) is 0. The molecule has 2 rings (SSSR count). The van der Waals surface area contributed by atoms with Crippen molar-refractivity contribution in [1.82, 2.24) is 0 Å². The third-order valence-electron chi connectivity index (χ3n) is 2.82. The van der Waals surface area contributed by atoms with E-state index >= 15 is 0 Å². The third-order valence-corrected chi connectivity index (χ3v) is 5.28. The first-order valence-electron chi connectivity index (χ1n) is 4.77. The summed E-state index contributed by atoms with van der Waals surface area (Å²) in [5.41, 5.74) is 1.36. The Balaban J connectivity index is 2.24. The van der Waals surface area contributed by atoms with Crippen LogP contribution in [0.2, 0.25) is 0 Å². The highest BCUT2D eigenvalue weighted by Gasteiger charge is 2.27. The summed E-state index contributed by atoms with van der Waals surface area (Å²) in [7, 11) is 0. The van der Waals surface area contributed by atoms with E-state index in [1.54, 1.807) is 0 Å². The molecule has 1 aliphatic rings. The summed E-state index contributed by atoms with van der Waals surface area (Å²) in [6, 6.07) is 6.36. The highest BCUT2D eigenvalue weighted by Crippen LogP contribution is 2.45. The molecule has 1 aliphatic carbocycles. The van der Waals surface area contributed by atoms with Gasteiger partial charge in [-0.25, -0.2) is 0 Å². The van der Waals surface area contributed by atoms with E-state index in [9.17, 15) is 0 Å². The molecule has 0 nitrogen and oxygen atoms in total. The molecule has 3 heteroatoms. The topological polar surface area (TPSA) is 0 Å². The molecule has 0 aliphatic heterocycles. The zero-order chi connectivity index (χ0) is 10.1. The van der Waals surface area contributed by atoms with Gasteiger partial charge in [0.1, 0.15) is 0 Å². The first kappa shape index (κ1) is 11.2. The minimum Gasteiger partial charge on any atom is -0.0835 e.